The van der Waals surface area contributed by atoms with Gasteiger partial charge in [-0.15, -0.1) is 0 Å². The van der Waals surface area contributed by atoms with Gasteiger partial charge in [-0.1, -0.05) is 23.8 Å². The van der Waals surface area contributed by atoms with Gasteiger partial charge < -0.3 is 10.3 Å². The fourth-order valence-electron chi connectivity index (χ4n) is 3.15. The van der Waals surface area contributed by atoms with Crippen molar-refractivity contribution in [2.24, 2.45) is 0 Å². The quantitative estimate of drug-likeness (QED) is 0.536. The first kappa shape index (κ1) is 18.5. The average Bonchev–Trinajstić information content (AvgIpc) is 3.03. The Hall–Kier alpha value is -3.28. The van der Waals surface area contributed by atoms with Crippen molar-refractivity contribution in [1.29, 1.82) is 0 Å². The Bertz CT molecular complexity index is 1020. The van der Waals surface area contributed by atoms with E-state index in [4.69, 9.17) is 0 Å². The molecule has 0 aliphatic heterocycles. The zero-order valence-electron chi connectivity index (χ0n) is 16.0. The van der Waals surface area contributed by atoms with Crippen LogP contribution in [0.4, 0.5) is 5.69 Å². The molecular weight excluding hydrogens is 340 g/mol. The van der Waals surface area contributed by atoms with Gasteiger partial charge in [-0.2, -0.15) is 0 Å². The molecule has 3 rings (SSSR count). The van der Waals surface area contributed by atoms with Gasteiger partial charge in [-0.05, 0) is 62.6 Å². The summed E-state index contributed by atoms with van der Waals surface area (Å²) in [4.78, 5) is 27.4. The van der Waals surface area contributed by atoms with Gasteiger partial charge in [0.15, 0.2) is 0 Å². The van der Waals surface area contributed by atoms with Crippen LogP contribution in [0.1, 0.15) is 32.7 Å². The smallest absolute Gasteiger partial charge is 0.286 e. The summed E-state index contributed by atoms with van der Waals surface area (Å²) in [5.41, 5.74) is 11.5. The summed E-state index contributed by atoms with van der Waals surface area (Å²) in [6.07, 6.45) is 0. The molecule has 2 amide bonds. The van der Waals surface area contributed by atoms with Crippen LogP contribution < -0.4 is 16.2 Å². The van der Waals surface area contributed by atoms with Crippen LogP contribution in [0, 0.1) is 27.7 Å². The Balaban J connectivity index is 1.57. The number of hydrazine groups is 1. The standard InChI is InChI=1S/C21H24N4O2/c1-12-5-6-17(15(4)7-12)22-11-20(26)24-25-21(27)19-10-16-14(3)8-13(2)9-18(16)23-19/h5-10,22-23H,11H2,1-4H3,(H,24,26)(H,25,27). The van der Waals surface area contributed by atoms with Crippen molar-refractivity contribution in [3.63, 3.8) is 0 Å². The number of nitrogens with one attached hydrogen (secondary N) is 4. The van der Waals surface area contributed by atoms with Gasteiger partial charge in [0.05, 0.1) is 6.54 Å². The number of anilines is 1. The lowest BCUT2D eigenvalue weighted by atomic mass is 10.1. The molecular formula is C21H24N4O2. The number of H-pyrrole nitrogens is 1. The van der Waals surface area contributed by atoms with E-state index in [2.05, 4.69) is 27.2 Å². The number of amides is 2. The van der Waals surface area contributed by atoms with E-state index in [1.807, 2.05) is 52.0 Å². The molecule has 2 aromatic carbocycles. The van der Waals surface area contributed by atoms with Crippen LogP contribution >= 0.6 is 0 Å². The number of rotatable bonds is 4. The summed E-state index contributed by atoms with van der Waals surface area (Å²) in [6.45, 7) is 8.08. The van der Waals surface area contributed by atoms with E-state index in [0.29, 0.717) is 5.69 Å². The van der Waals surface area contributed by atoms with Crippen molar-refractivity contribution in [2.45, 2.75) is 27.7 Å². The summed E-state index contributed by atoms with van der Waals surface area (Å²) < 4.78 is 0. The predicted octanol–water partition coefficient (Wildman–Crippen LogP) is 3.27. The highest BCUT2D eigenvalue weighted by Crippen LogP contribution is 2.21. The van der Waals surface area contributed by atoms with E-state index in [0.717, 1.165) is 33.3 Å². The molecule has 6 nitrogen and oxygen atoms in total. The van der Waals surface area contributed by atoms with Gasteiger partial charge in [-0.3, -0.25) is 20.4 Å². The molecule has 140 valence electrons. The fourth-order valence-corrected chi connectivity index (χ4v) is 3.15. The third-order valence-corrected chi connectivity index (χ3v) is 4.47. The maximum absolute atomic E-state index is 12.3. The average molecular weight is 364 g/mol. The van der Waals surface area contributed by atoms with E-state index in [-0.39, 0.29) is 18.4 Å². The molecule has 0 aliphatic rings. The maximum atomic E-state index is 12.3. The van der Waals surface area contributed by atoms with E-state index in [9.17, 15) is 9.59 Å². The molecule has 27 heavy (non-hydrogen) atoms. The number of aromatic amines is 1. The monoisotopic (exact) mass is 364 g/mol. The first-order valence-corrected chi connectivity index (χ1v) is 8.84. The lowest BCUT2D eigenvalue weighted by Crippen LogP contribution is -2.44. The zero-order valence-corrected chi connectivity index (χ0v) is 16.0. The first-order valence-electron chi connectivity index (χ1n) is 8.84. The molecule has 1 heterocycles. The molecule has 0 unspecified atom stereocenters. The van der Waals surface area contributed by atoms with Crippen molar-refractivity contribution in [1.82, 2.24) is 15.8 Å². The number of benzene rings is 2. The Kier molecular flexibility index (Phi) is 5.16. The van der Waals surface area contributed by atoms with E-state index >= 15 is 0 Å². The fraction of sp³-hybridized carbons (Fsp3) is 0.238. The molecule has 4 N–H and O–H groups in total. The Morgan fingerprint density at radius 2 is 1.63 bits per heavy atom. The van der Waals surface area contributed by atoms with E-state index < -0.39 is 0 Å². The van der Waals surface area contributed by atoms with Crippen LogP contribution in [0.15, 0.2) is 36.4 Å². The van der Waals surface area contributed by atoms with Gasteiger partial charge in [0.1, 0.15) is 5.69 Å². The van der Waals surface area contributed by atoms with Gasteiger partial charge in [-0.25, -0.2) is 0 Å². The van der Waals surface area contributed by atoms with Crippen LogP contribution in [0.2, 0.25) is 0 Å². The van der Waals surface area contributed by atoms with Crippen molar-refractivity contribution < 1.29 is 9.59 Å². The lowest BCUT2D eigenvalue weighted by Gasteiger charge is -2.11. The Morgan fingerprint density at radius 3 is 2.37 bits per heavy atom. The Morgan fingerprint density at radius 1 is 0.889 bits per heavy atom. The van der Waals surface area contributed by atoms with Gasteiger partial charge in [0.2, 0.25) is 0 Å². The second-order valence-corrected chi connectivity index (χ2v) is 6.90. The molecule has 0 saturated carbocycles. The number of fused-ring (bicyclic) bond motifs is 1. The highest BCUT2D eigenvalue weighted by Gasteiger charge is 2.12. The van der Waals surface area contributed by atoms with Crippen LogP contribution in [-0.2, 0) is 4.79 Å². The number of carbonyl (C=O) groups excluding carboxylic acids is 2. The van der Waals surface area contributed by atoms with Crippen LogP contribution in [0.5, 0.6) is 0 Å². The zero-order chi connectivity index (χ0) is 19.6. The number of hydrogen-bond donors (Lipinski definition) is 4. The minimum absolute atomic E-state index is 0.0647. The minimum atomic E-state index is -0.386. The van der Waals surface area contributed by atoms with Gasteiger partial charge >= 0.3 is 0 Å². The maximum Gasteiger partial charge on any atom is 0.286 e. The summed E-state index contributed by atoms with van der Waals surface area (Å²) in [7, 11) is 0. The molecule has 1 aromatic heterocycles. The molecule has 0 fully saturated rings. The van der Waals surface area contributed by atoms with Gasteiger partial charge in [0, 0.05) is 16.6 Å². The molecule has 0 aliphatic carbocycles. The van der Waals surface area contributed by atoms with Crippen molar-refractivity contribution in [3.05, 3.63) is 64.3 Å². The largest absolute Gasteiger partial charge is 0.376 e. The lowest BCUT2D eigenvalue weighted by molar-refractivity contribution is -0.120. The molecule has 6 heteroatoms. The third-order valence-electron chi connectivity index (χ3n) is 4.47. The molecule has 0 spiro atoms. The van der Waals surface area contributed by atoms with Crippen LogP contribution in [0.3, 0.4) is 0 Å². The number of hydrogen-bond acceptors (Lipinski definition) is 3. The summed E-state index contributed by atoms with van der Waals surface area (Å²) in [5, 5.41) is 4.06. The SMILES string of the molecule is Cc1ccc(NCC(=O)NNC(=O)c2cc3c(C)cc(C)cc3[nH]2)c(C)c1. The summed E-state index contributed by atoms with van der Waals surface area (Å²) >= 11 is 0. The number of aromatic nitrogens is 1. The normalized spacial score (nSPS) is 10.7. The van der Waals surface area contributed by atoms with Crippen LogP contribution in [0.25, 0.3) is 10.9 Å². The topological polar surface area (TPSA) is 86.0 Å². The molecule has 0 saturated heterocycles. The molecule has 0 bridgehead atoms. The summed E-state index contributed by atoms with van der Waals surface area (Å²) in [6, 6.07) is 11.8. The molecule has 0 radical (unpaired) electrons. The van der Waals surface area contributed by atoms with Crippen molar-refractivity contribution >= 4 is 28.4 Å². The number of carbonyl (C=O) groups is 2. The van der Waals surface area contributed by atoms with Crippen LogP contribution in [-0.4, -0.2) is 23.3 Å². The molecule has 0 atom stereocenters. The second-order valence-electron chi connectivity index (χ2n) is 6.90. The minimum Gasteiger partial charge on any atom is -0.376 e. The highest BCUT2D eigenvalue weighted by atomic mass is 16.2. The summed E-state index contributed by atoms with van der Waals surface area (Å²) in [5.74, 6) is -0.713. The third kappa shape index (κ3) is 4.28. The first-order chi connectivity index (χ1) is 12.8. The van der Waals surface area contributed by atoms with E-state index in [1.54, 1.807) is 6.07 Å². The van der Waals surface area contributed by atoms with Gasteiger partial charge in [0.25, 0.3) is 11.8 Å². The van der Waals surface area contributed by atoms with Crippen molar-refractivity contribution in [2.75, 3.05) is 11.9 Å². The van der Waals surface area contributed by atoms with Crippen molar-refractivity contribution in [3.8, 4) is 0 Å². The second kappa shape index (κ2) is 7.53. The Labute approximate surface area is 158 Å². The molecule has 3 aromatic rings. The van der Waals surface area contributed by atoms with E-state index in [1.165, 1.54) is 5.56 Å². The predicted molar refractivity (Wildman–Crippen MR) is 108 cm³/mol. The highest BCUT2D eigenvalue weighted by molar-refractivity contribution is 5.99. The number of aryl methyl sites for hydroxylation is 4.